The zero-order valence-corrected chi connectivity index (χ0v) is 11.8. The van der Waals surface area contributed by atoms with E-state index in [1.165, 1.54) is 17.8 Å². The van der Waals surface area contributed by atoms with Crippen LogP contribution in [0.3, 0.4) is 0 Å². The molecule has 0 bridgehead atoms. The third-order valence-electron chi connectivity index (χ3n) is 2.50. The van der Waals surface area contributed by atoms with Crippen LogP contribution in [0.25, 0.3) is 0 Å². The molecule has 20 heavy (non-hydrogen) atoms. The highest BCUT2D eigenvalue weighted by atomic mass is 32.2. The lowest BCUT2D eigenvalue weighted by atomic mass is 10.3. The Labute approximate surface area is 119 Å². The molecule has 3 N–H and O–H groups in total. The quantitative estimate of drug-likeness (QED) is 0.754. The third kappa shape index (κ3) is 4.20. The zero-order chi connectivity index (χ0) is 14.4. The van der Waals surface area contributed by atoms with Gasteiger partial charge in [-0.05, 0) is 12.1 Å². The molecule has 1 aromatic carbocycles. The Morgan fingerprint density at radius 1 is 1.35 bits per heavy atom. The maximum absolute atomic E-state index is 11.8. The maximum Gasteiger partial charge on any atom is 0.264 e. The first-order valence-electron chi connectivity index (χ1n) is 5.95. The second kappa shape index (κ2) is 6.85. The van der Waals surface area contributed by atoms with Crippen LogP contribution in [-0.4, -0.2) is 29.0 Å². The number of ether oxygens (including phenoxy) is 1. The van der Waals surface area contributed by atoms with Crippen LogP contribution in [0, 0.1) is 0 Å². The van der Waals surface area contributed by atoms with Crippen LogP contribution < -0.4 is 15.6 Å². The fourth-order valence-electron chi connectivity index (χ4n) is 1.60. The minimum absolute atomic E-state index is 0.0962. The number of hydrogen-bond donors (Lipinski definition) is 3. The normalized spacial score (nSPS) is 10.2. The number of aromatic nitrogens is 2. The van der Waals surface area contributed by atoms with Crippen molar-refractivity contribution in [2.45, 2.75) is 5.75 Å². The van der Waals surface area contributed by atoms with E-state index < -0.39 is 0 Å². The second-order valence-corrected chi connectivity index (χ2v) is 5.04. The lowest BCUT2D eigenvalue weighted by Crippen LogP contribution is -2.14. The molecule has 0 aliphatic heterocycles. The number of carbonyl (C=O) groups is 1. The Morgan fingerprint density at radius 3 is 2.90 bits per heavy atom. The van der Waals surface area contributed by atoms with E-state index in [0.29, 0.717) is 22.9 Å². The van der Waals surface area contributed by atoms with E-state index in [1.807, 2.05) is 12.1 Å². The summed E-state index contributed by atoms with van der Waals surface area (Å²) in [6.45, 7) is 0. The van der Waals surface area contributed by atoms with Crippen molar-refractivity contribution in [2.75, 3.05) is 18.2 Å². The minimum Gasteiger partial charge on any atom is -0.497 e. The van der Waals surface area contributed by atoms with Crippen molar-refractivity contribution >= 4 is 23.4 Å². The van der Waals surface area contributed by atoms with Gasteiger partial charge in [0.25, 0.3) is 5.56 Å². The number of anilines is 1. The topological polar surface area (TPSA) is 87.0 Å². The number of methoxy groups -OCH3 is 1. The lowest BCUT2D eigenvalue weighted by molar-refractivity contribution is -0.113. The number of rotatable bonds is 6. The fraction of sp³-hybridized carbons (Fsp3) is 0.231. The molecule has 1 amide bonds. The summed E-state index contributed by atoms with van der Waals surface area (Å²) in [6.07, 6.45) is 0. The van der Waals surface area contributed by atoms with E-state index in [0.717, 1.165) is 5.69 Å². The van der Waals surface area contributed by atoms with Crippen LogP contribution >= 0.6 is 11.8 Å². The third-order valence-corrected chi connectivity index (χ3v) is 3.48. The van der Waals surface area contributed by atoms with E-state index in [4.69, 9.17) is 4.74 Å². The van der Waals surface area contributed by atoms with Gasteiger partial charge in [-0.2, -0.15) is 0 Å². The lowest BCUT2D eigenvalue weighted by Gasteiger charge is -2.06. The Balaban J connectivity index is 1.78. The molecule has 0 atom stereocenters. The molecule has 0 saturated heterocycles. The number of nitrogens with one attached hydrogen (secondary N) is 3. The predicted molar refractivity (Wildman–Crippen MR) is 79.2 cm³/mol. The molecule has 1 aromatic heterocycles. The molecule has 2 rings (SSSR count). The second-order valence-electron chi connectivity index (χ2n) is 4.06. The van der Waals surface area contributed by atoms with Crippen LogP contribution in [0.15, 0.2) is 35.1 Å². The molecule has 7 heteroatoms. The molecule has 0 aliphatic carbocycles. The first-order valence-corrected chi connectivity index (χ1v) is 7.11. The summed E-state index contributed by atoms with van der Waals surface area (Å²) in [5.41, 5.74) is 1.31. The van der Waals surface area contributed by atoms with Crippen molar-refractivity contribution in [2.24, 2.45) is 0 Å². The molecule has 0 saturated carbocycles. The van der Waals surface area contributed by atoms with Crippen molar-refractivity contribution in [3.8, 4) is 5.75 Å². The number of hydrogen-bond acceptors (Lipinski definition) is 4. The summed E-state index contributed by atoms with van der Waals surface area (Å²) in [7, 11) is 1.58. The van der Waals surface area contributed by atoms with Crippen molar-refractivity contribution < 1.29 is 9.53 Å². The largest absolute Gasteiger partial charge is 0.497 e. The summed E-state index contributed by atoms with van der Waals surface area (Å²) in [6, 6.07) is 8.66. The Hall–Kier alpha value is -2.15. The standard InChI is InChI=1S/C13H15N3O3S/c1-19-11-4-2-3-9(5-11)14-13(18)8-20-7-10-6-12(17)16-15-10/h2-6H,7-8H2,1H3,(H,14,18)(H2,15,16,17). The number of aromatic amines is 2. The molecule has 106 valence electrons. The number of thioether (sulfide) groups is 1. The van der Waals surface area contributed by atoms with Gasteiger partial charge < -0.3 is 15.2 Å². The first kappa shape index (κ1) is 14.3. The summed E-state index contributed by atoms with van der Waals surface area (Å²) in [5, 5.41) is 7.98. The molecular formula is C13H15N3O3S. The smallest absolute Gasteiger partial charge is 0.264 e. The number of carbonyl (C=O) groups excluding carboxylic acids is 1. The average Bonchev–Trinajstić information content (AvgIpc) is 2.84. The maximum atomic E-state index is 11.8. The van der Waals surface area contributed by atoms with Crippen LogP contribution in [0.4, 0.5) is 5.69 Å². The fourth-order valence-corrected chi connectivity index (χ4v) is 2.34. The van der Waals surface area contributed by atoms with Gasteiger partial charge in [-0.3, -0.25) is 14.7 Å². The minimum atomic E-state index is -0.165. The molecule has 1 heterocycles. The molecule has 0 spiro atoms. The summed E-state index contributed by atoms with van der Waals surface area (Å²) < 4.78 is 5.08. The molecule has 2 aromatic rings. The summed E-state index contributed by atoms with van der Waals surface area (Å²) in [4.78, 5) is 22.7. The van der Waals surface area contributed by atoms with E-state index in [2.05, 4.69) is 15.5 Å². The van der Waals surface area contributed by atoms with Crippen molar-refractivity contribution in [1.29, 1.82) is 0 Å². The van der Waals surface area contributed by atoms with Gasteiger partial charge in [0.1, 0.15) is 5.75 Å². The molecule has 0 unspecified atom stereocenters. The van der Waals surface area contributed by atoms with Gasteiger partial charge in [-0.25, -0.2) is 0 Å². The van der Waals surface area contributed by atoms with Gasteiger partial charge in [0.15, 0.2) is 0 Å². The number of benzene rings is 1. The van der Waals surface area contributed by atoms with Gasteiger partial charge in [-0.15, -0.1) is 11.8 Å². The van der Waals surface area contributed by atoms with Gasteiger partial charge in [0.2, 0.25) is 5.91 Å². The highest BCUT2D eigenvalue weighted by Crippen LogP contribution is 2.17. The van der Waals surface area contributed by atoms with Crippen LogP contribution in [0.5, 0.6) is 5.75 Å². The van der Waals surface area contributed by atoms with E-state index in [9.17, 15) is 9.59 Å². The van der Waals surface area contributed by atoms with E-state index in [-0.39, 0.29) is 11.5 Å². The number of H-pyrrole nitrogens is 2. The molecular weight excluding hydrogens is 278 g/mol. The Bertz CT molecular complexity index is 636. The zero-order valence-electron chi connectivity index (χ0n) is 10.9. The van der Waals surface area contributed by atoms with Gasteiger partial charge >= 0.3 is 0 Å². The van der Waals surface area contributed by atoms with Gasteiger partial charge in [-0.1, -0.05) is 6.07 Å². The molecule has 0 radical (unpaired) electrons. The first-order chi connectivity index (χ1) is 9.67. The molecule has 0 fully saturated rings. The SMILES string of the molecule is COc1cccc(NC(=O)CSCc2cc(=O)[nH][nH]2)c1. The van der Waals surface area contributed by atoms with Crippen LogP contribution in [0.2, 0.25) is 0 Å². The van der Waals surface area contributed by atoms with Gasteiger partial charge in [0.05, 0.1) is 12.9 Å². The van der Waals surface area contributed by atoms with Crippen molar-refractivity contribution in [3.05, 3.63) is 46.4 Å². The number of amides is 1. The monoisotopic (exact) mass is 293 g/mol. The summed E-state index contributed by atoms with van der Waals surface area (Å²) in [5.74, 6) is 1.48. The van der Waals surface area contributed by atoms with Crippen LogP contribution in [-0.2, 0) is 10.5 Å². The highest BCUT2D eigenvalue weighted by molar-refractivity contribution is 7.99. The summed E-state index contributed by atoms with van der Waals surface area (Å²) >= 11 is 1.42. The average molecular weight is 293 g/mol. The van der Waals surface area contributed by atoms with E-state index in [1.54, 1.807) is 19.2 Å². The van der Waals surface area contributed by atoms with Crippen molar-refractivity contribution in [3.63, 3.8) is 0 Å². The molecule has 0 aliphatic rings. The molecule has 6 nitrogen and oxygen atoms in total. The van der Waals surface area contributed by atoms with E-state index >= 15 is 0 Å². The Kier molecular flexibility index (Phi) is 4.89. The van der Waals surface area contributed by atoms with Gasteiger partial charge in [0, 0.05) is 29.3 Å². The van der Waals surface area contributed by atoms with Crippen LogP contribution in [0.1, 0.15) is 5.69 Å². The predicted octanol–water partition coefficient (Wildman–Crippen LogP) is 1.58. The highest BCUT2D eigenvalue weighted by Gasteiger charge is 2.04. The van der Waals surface area contributed by atoms with Crippen molar-refractivity contribution in [1.82, 2.24) is 10.2 Å². The Morgan fingerprint density at radius 2 is 2.20 bits per heavy atom.